The second-order valence-corrected chi connectivity index (χ2v) is 3.26. The molecule has 1 unspecified atom stereocenters. The molecule has 1 nitrogen and oxygen atoms in total. The highest BCUT2D eigenvalue weighted by atomic mass is 35.5. The molecule has 0 radical (unpaired) electrons. The van der Waals surface area contributed by atoms with E-state index in [0.717, 1.165) is 0 Å². The van der Waals surface area contributed by atoms with Crippen molar-refractivity contribution in [1.82, 2.24) is 0 Å². The molecule has 0 aliphatic heterocycles. The summed E-state index contributed by atoms with van der Waals surface area (Å²) in [5, 5.41) is 0. The first-order valence-corrected chi connectivity index (χ1v) is 4.56. The van der Waals surface area contributed by atoms with Crippen LogP contribution in [0.1, 0.15) is 37.3 Å². The van der Waals surface area contributed by atoms with Gasteiger partial charge in [0.1, 0.15) is 0 Å². The zero-order valence-corrected chi connectivity index (χ0v) is 9.10. The van der Waals surface area contributed by atoms with E-state index in [2.05, 4.69) is 38.1 Å². The van der Waals surface area contributed by atoms with Gasteiger partial charge in [0.05, 0.1) is 0 Å². The average Bonchev–Trinajstić information content (AvgIpc) is 2.17. The third-order valence-corrected chi connectivity index (χ3v) is 2.40. The molecule has 0 spiro atoms. The molecule has 0 saturated carbocycles. The summed E-state index contributed by atoms with van der Waals surface area (Å²) >= 11 is 0. The van der Waals surface area contributed by atoms with Crippen LogP contribution in [0.15, 0.2) is 24.3 Å². The van der Waals surface area contributed by atoms with Gasteiger partial charge >= 0.3 is 0 Å². The van der Waals surface area contributed by atoms with E-state index in [1.807, 2.05) is 0 Å². The summed E-state index contributed by atoms with van der Waals surface area (Å²) < 4.78 is 0. The summed E-state index contributed by atoms with van der Waals surface area (Å²) in [5.74, 6) is 0.664. The van der Waals surface area contributed by atoms with E-state index < -0.39 is 0 Å². The molecule has 2 heteroatoms. The average molecular weight is 200 g/mol. The standard InChI is InChI=1S/C11H17N.ClH/c1-3-9(2)11-6-4-10(8-12)5-7-11;/h4-7,9H,3,8,12H2,1-2H3;1H. The topological polar surface area (TPSA) is 26.0 Å². The van der Waals surface area contributed by atoms with Crippen molar-refractivity contribution in [3.8, 4) is 0 Å². The third-order valence-electron chi connectivity index (χ3n) is 2.40. The maximum absolute atomic E-state index is 5.51. The largest absolute Gasteiger partial charge is 0.326 e. The zero-order chi connectivity index (χ0) is 8.97. The van der Waals surface area contributed by atoms with Gasteiger partial charge in [0.15, 0.2) is 0 Å². The fourth-order valence-electron chi connectivity index (χ4n) is 1.22. The normalized spacial score (nSPS) is 11.9. The van der Waals surface area contributed by atoms with Crippen molar-refractivity contribution in [3.05, 3.63) is 35.4 Å². The minimum absolute atomic E-state index is 0. The zero-order valence-electron chi connectivity index (χ0n) is 8.29. The molecule has 1 aromatic carbocycles. The van der Waals surface area contributed by atoms with Crippen molar-refractivity contribution in [1.29, 1.82) is 0 Å². The van der Waals surface area contributed by atoms with Crippen LogP contribution in [-0.2, 0) is 6.54 Å². The molecule has 1 rings (SSSR count). The van der Waals surface area contributed by atoms with Gasteiger partial charge in [-0.2, -0.15) is 0 Å². The minimum Gasteiger partial charge on any atom is -0.326 e. The van der Waals surface area contributed by atoms with E-state index in [4.69, 9.17) is 5.73 Å². The minimum atomic E-state index is 0. The number of hydrogen-bond donors (Lipinski definition) is 1. The first-order valence-electron chi connectivity index (χ1n) is 4.56. The van der Waals surface area contributed by atoms with Crippen LogP contribution in [0.5, 0.6) is 0 Å². The molecule has 0 amide bonds. The van der Waals surface area contributed by atoms with Gasteiger partial charge in [0.25, 0.3) is 0 Å². The van der Waals surface area contributed by atoms with Crippen LogP contribution in [0, 0.1) is 0 Å². The molecule has 1 atom stereocenters. The molecule has 0 aliphatic carbocycles. The van der Waals surface area contributed by atoms with Crippen LogP contribution in [-0.4, -0.2) is 0 Å². The predicted molar refractivity (Wildman–Crippen MR) is 60.3 cm³/mol. The van der Waals surface area contributed by atoms with Gasteiger partial charge in [-0.25, -0.2) is 0 Å². The highest BCUT2D eigenvalue weighted by molar-refractivity contribution is 5.85. The lowest BCUT2D eigenvalue weighted by Gasteiger charge is -2.08. The number of hydrogen-bond acceptors (Lipinski definition) is 1. The van der Waals surface area contributed by atoms with Crippen molar-refractivity contribution in [3.63, 3.8) is 0 Å². The van der Waals surface area contributed by atoms with Crippen molar-refractivity contribution < 1.29 is 0 Å². The molecule has 0 saturated heterocycles. The summed E-state index contributed by atoms with van der Waals surface area (Å²) in [7, 11) is 0. The van der Waals surface area contributed by atoms with Crippen molar-refractivity contribution in [2.45, 2.75) is 32.7 Å². The number of halogens is 1. The van der Waals surface area contributed by atoms with E-state index >= 15 is 0 Å². The monoisotopic (exact) mass is 199 g/mol. The smallest absolute Gasteiger partial charge is 0.0178 e. The molecule has 0 heterocycles. The lowest BCUT2D eigenvalue weighted by atomic mass is 9.98. The molecular weight excluding hydrogens is 182 g/mol. The van der Waals surface area contributed by atoms with Crippen LogP contribution in [0.3, 0.4) is 0 Å². The van der Waals surface area contributed by atoms with Gasteiger partial charge in [0, 0.05) is 6.54 Å². The maximum atomic E-state index is 5.51. The Hall–Kier alpha value is -0.530. The SMILES string of the molecule is CCC(C)c1ccc(CN)cc1.Cl. The van der Waals surface area contributed by atoms with E-state index in [-0.39, 0.29) is 12.4 Å². The molecule has 13 heavy (non-hydrogen) atoms. The Morgan fingerprint density at radius 2 is 1.77 bits per heavy atom. The van der Waals surface area contributed by atoms with Crippen LogP contribution < -0.4 is 5.73 Å². The summed E-state index contributed by atoms with van der Waals surface area (Å²) in [6.45, 7) is 5.10. The Balaban J connectivity index is 0.00000144. The molecule has 0 aromatic heterocycles. The van der Waals surface area contributed by atoms with Crippen LogP contribution >= 0.6 is 12.4 Å². The molecule has 0 aliphatic rings. The fraction of sp³-hybridized carbons (Fsp3) is 0.455. The van der Waals surface area contributed by atoms with Crippen LogP contribution in [0.25, 0.3) is 0 Å². The molecule has 0 bridgehead atoms. The summed E-state index contributed by atoms with van der Waals surface area (Å²) in [5.41, 5.74) is 8.13. The molecule has 2 N–H and O–H groups in total. The molecular formula is C11H18ClN. The first kappa shape index (κ1) is 12.5. The van der Waals surface area contributed by atoms with Gasteiger partial charge < -0.3 is 5.73 Å². The highest BCUT2D eigenvalue weighted by Crippen LogP contribution is 2.18. The van der Waals surface area contributed by atoms with E-state index in [9.17, 15) is 0 Å². The van der Waals surface area contributed by atoms with Gasteiger partial charge in [0.2, 0.25) is 0 Å². The number of benzene rings is 1. The molecule has 0 fully saturated rings. The van der Waals surface area contributed by atoms with Crippen LogP contribution in [0.4, 0.5) is 0 Å². The summed E-state index contributed by atoms with van der Waals surface area (Å²) in [4.78, 5) is 0. The Labute approximate surface area is 86.7 Å². The van der Waals surface area contributed by atoms with Gasteiger partial charge in [-0.1, -0.05) is 38.1 Å². The Morgan fingerprint density at radius 3 is 2.15 bits per heavy atom. The highest BCUT2D eigenvalue weighted by Gasteiger charge is 2.00. The second kappa shape index (κ2) is 6.01. The molecule has 74 valence electrons. The molecule has 1 aromatic rings. The number of nitrogens with two attached hydrogens (primary N) is 1. The number of rotatable bonds is 3. The van der Waals surface area contributed by atoms with Gasteiger partial charge in [-0.05, 0) is 23.5 Å². The first-order chi connectivity index (χ1) is 5.77. The van der Waals surface area contributed by atoms with E-state index in [1.165, 1.54) is 17.5 Å². The van der Waals surface area contributed by atoms with Crippen molar-refractivity contribution in [2.75, 3.05) is 0 Å². The third kappa shape index (κ3) is 3.37. The van der Waals surface area contributed by atoms with Gasteiger partial charge in [-0.15, -0.1) is 12.4 Å². The van der Waals surface area contributed by atoms with Crippen molar-refractivity contribution in [2.24, 2.45) is 5.73 Å². The predicted octanol–water partition coefficient (Wildman–Crippen LogP) is 3.08. The maximum Gasteiger partial charge on any atom is 0.0178 e. The van der Waals surface area contributed by atoms with Crippen molar-refractivity contribution >= 4 is 12.4 Å². The summed E-state index contributed by atoms with van der Waals surface area (Å²) in [6.07, 6.45) is 1.20. The fourth-order valence-corrected chi connectivity index (χ4v) is 1.22. The Kier molecular flexibility index (Phi) is 5.76. The summed E-state index contributed by atoms with van der Waals surface area (Å²) in [6, 6.07) is 8.58. The van der Waals surface area contributed by atoms with E-state index in [0.29, 0.717) is 12.5 Å². The second-order valence-electron chi connectivity index (χ2n) is 3.26. The van der Waals surface area contributed by atoms with Crippen LogP contribution in [0.2, 0.25) is 0 Å². The Morgan fingerprint density at radius 1 is 1.23 bits per heavy atom. The quantitative estimate of drug-likeness (QED) is 0.796. The lowest BCUT2D eigenvalue weighted by Crippen LogP contribution is -1.97. The lowest BCUT2D eigenvalue weighted by molar-refractivity contribution is 0.733. The Bertz CT molecular complexity index is 230. The van der Waals surface area contributed by atoms with Gasteiger partial charge in [-0.3, -0.25) is 0 Å². The van der Waals surface area contributed by atoms with E-state index in [1.54, 1.807) is 0 Å².